The minimum atomic E-state index is -0.805. The number of carbonyl (C=O) groups excluding carboxylic acids is 1. The summed E-state index contributed by atoms with van der Waals surface area (Å²) in [5, 5.41) is 8.65. The Morgan fingerprint density at radius 1 is 1.44 bits per heavy atom. The molecule has 1 unspecified atom stereocenters. The monoisotopic (exact) mass is 228 g/mol. The lowest BCUT2D eigenvalue weighted by molar-refractivity contribution is -0.144. The van der Waals surface area contributed by atoms with Crippen molar-refractivity contribution >= 4 is 11.9 Å². The smallest absolute Gasteiger partial charge is 0.304 e. The summed E-state index contributed by atoms with van der Waals surface area (Å²) in [6, 6.07) is -0.131. The minimum absolute atomic E-state index is 0.107. The number of hydrogen-bond donors (Lipinski definition) is 1. The molecule has 16 heavy (non-hydrogen) atoms. The second kappa shape index (κ2) is 5.84. The van der Waals surface area contributed by atoms with Crippen molar-refractivity contribution in [2.45, 2.75) is 32.7 Å². The van der Waals surface area contributed by atoms with Crippen LogP contribution >= 0.6 is 0 Å². The predicted octanol–water partition coefficient (Wildman–Crippen LogP) is 0.404. The highest BCUT2D eigenvalue weighted by molar-refractivity contribution is 5.82. The van der Waals surface area contributed by atoms with Crippen LogP contribution in [0.15, 0.2) is 0 Å². The van der Waals surface area contributed by atoms with Gasteiger partial charge in [-0.25, -0.2) is 0 Å². The maximum Gasteiger partial charge on any atom is 0.304 e. The van der Waals surface area contributed by atoms with Gasteiger partial charge in [0.05, 0.1) is 12.5 Å². The van der Waals surface area contributed by atoms with Gasteiger partial charge >= 0.3 is 5.97 Å². The molecule has 1 heterocycles. The molecule has 1 N–H and O–H groups in total. The largest absolute Gasteiger partial charge is 0.481 e. The van der Waals surface area contributed by atoms with Gasteiger partial charge in [-0.2, -0.15) is 0 Å². The highest BCUT2D eigenvalue weighted by Crippen LogP contribution is 2.14. The lowest BCUT2D eigenvalue weighted by atomic mass is 10.1. The molecule has 0 aromatic carbocycles. The molecule has 1 rings (SSSR count). The number of amides is 1. The number of likely N-dealkylation sites (N-methyl/N-ethyl adjacent to an activating group) is 1. The number of piperazine rings is 1. The first-order chi connectivity index (χ1) is 7.60. The number of carboxylic acids is 1. The van der Waals surface area contributed by atoms with Crippen molar-refractivity contribution in [2.75, 3.05) is 26.2 Å². The van der Waals surface area contributed by atoms with E-state index in [4.69, 9.17) is 5.11 Å². The second-order valence-corrected chi connectivity index (χ2v) is 4.02. The lowest BCUT2D eigenvalue weighted by Crippen LogP contribution is -2.56. The molecule has 1 fully saturated rings. The fourth-order valence-electron chi connectivity index (χ4n) is 2.14. The SMILES string of the molecule is CCC1C(=O)N(CC)CCN1CCC(=O)O. The summed E-state index contributed by atoms with van der Waals surface area (Å²) in [7, 11) is 0. The van der Waals surface area contributed by atoms with E-state index in [0.717, 1.165) is 19.5 Å². The number of rotatable bonds is 5. The van der Waals surface area contributed by atoms with Crippen LogP contribution in [0, 0.1) is 0 Å². The normalized spacial score (nSPS) is 22.5. The van der Waals surface area contributed by atoms with E-state index < -0.39 is 5.97 Å². The van der Waals surface area contributed by atoms with E-state index in [1.54, 1.807) is 0 Å². The maximum absolute atomic E-state index is 12.0. The van der Waals surface area contributed by atoms with Crippen LogP contribution in [0.2, 0.25) is 0 Å². The van der Waals surface area contributed by atoms with E-state index in [2.05, 4.69) is 0 Å². The summed E-state index contributed by atoms with van der Waals surface area (Å²) in [6.45, 7) is 6.64. The highest BCUT2D eigenvalue weighted by Gasteiger charge is 2.32. The topological polar surface area (TPSA) is 60.9 Å². The van der Waals surface area contributed by atoms with E-state index in [9.17, 15) is 9.59 Å². The molecule has 1 amide bonds. The summed E-state index contributed by atoms with van der Waals surface area (Å²) in [4.78, 5) is 26.3. The van der Waals surface area contributed by atoms with E-state index >= 15 is 0 Å². The number of nitrogens with zero attached hydrogens (tertiary/aromatic N) is 2. The third-order valence-corrected chi connectivity index (χ3v) is 3.08. The molecule has 0 aromatic heterocycles. The fourth-order valence-corrected chi connectivity index (χ4v) is 2.14. The first kappa shape index (κ1) is 13.0. The number of carboxylic acid groups (broad SMARTS) is 1. The average Bonchev–Trinajstić information content (AvgIpc) is 2.26. The number of carbonyl (C=O) groups is 2. The standard InChI is InChI=1S/C11H20N2O3/c1-3-9-11(16)12(4-2)7-8-13(9)6-5-10(14)15/h9H,3-8H2,1-2H3,(H,14,15). The van der Waals surface area contributed by atoms with Crippen molar-refractivity contribution < 1.29 is 14.7 Å². The van der Waals surface area contributed by atoms with Crippen LogP contribution in [0.3, 0.4) is 0 Å². The zero-order chi connectivity index (χ0) is 12.1. The van der Waals surface area contributed by atoms with Gasteiger partial charge in [0.15, 0.2) is 0 Å². The van der Waals surface area contributed by atoms with E-state index in [0.29, 0.717) is 13.1 Å². The van der Waals surface area contributed by atoms with E-state index in [1.807, 2.05) is 23.6 Å². The van der Waals surface area contributed by atoms with Gasteiger partial charge in [-0.05, 0) is 13.3 Å². The third-order valence-electron chi connectivity index (χ3n) is 3.08. The molecule has 0 bridgehead atoms. The van der Waals surface area contributed by atoms with Crippen molar-refractivity contribution in [2.24, 2.45) is 0 Å². The second-order valence-electron chi connectivity index (χ2n) is 4.02. The molecule has 5 nitrogen and oxygen atoms in total. The predicted molar refractivity (Wildman–Crippen MR) is 60.2 cm³/mol. The Kier molecular flexibility index (Phi) is 4.73. The third kappa shape index (κ3) is 2.95. The Labute approximate surface area is 96.0 Å². The zero-order valence-electron chi connectivity index (χ0n) is 9.98. The van der Waals surface area contributed by atoms with Gasteiger partial charge in [-0.15, -0.1) is 0 Å². The van der Waals surface area contributed by atoms with Gasteiger partial charge in [0.1, 0.15) is 0 Å². The highest BCUT2D eigenvalue weighted by atomic mass is 16.4. The quantitative estimate of drug-likeness (QED) is 0.740. The van der Waals surface area contributed by atoms with Crippen LogP contribution < -0.4 is 0 Å². The summed E-state index contributed by atoms with van der Waals surface area (Å²) >= 11 is 0. The van der Waals surface area contributed by atoms with Crippen molar-refractivity contribution in [3.63, 3.8) is 0 Å². The first-order valence-corrected chi connectivity index (χ1v) is 5.84. The van der Waals surface area contributed by atoms with E-state index in [-0.39, 0.29) is 18.4 Å². The van der Waals surface area contributed by atoms with Gasteiger partial charge in [-0.1, -0.05) is 6.92 Å². The van der Waals surface area contributed by atoms with Crippen molar-refractivity contribution in [3.8, 4) is 0 Å². The zero-order valence-corrected chi connectivity index (χ0v) is 9.98. The molecule has 0 aromatic rings. The lowest BCUT2D eigenvalue weighted by Gasteiger charge is -2.39. The maximum atomic E-state index is 12.0. The van der Waals surface area contributed by atoms with Crippen LogP contribution in [0.1, 0.15) is 26.7 Å². The minimum Gasteiger partial charge on any atom is -0.481 e. The Balaban J connectivity index is 2.58. The molecule has 1 aliphatic rings. The molecule has 0 radical (unpaired) electrons. The van der Waals surface area contributed by atoms with Crippen molar-refractivity contribution in [1.82, 2.24) is 9.80 Å². The molecule has 92 valence electrons. The molecule has 5 heteroatoms. The van der Waals surface area contributed by atoms with Crippen molar-refractivity contribution in [3.05, 3.63) is 0 Å². The fraction of sp³-hybridized carbons (Fsp3) is 0.818. The summed E-state index contributed by atoms with van der Waals surface area (Å²) in [5.74, 6) is -0.665. The molecule has 1 atom stereocenters. The molecule has 0 saturated carbocycles. The van der Waals surface area contributed by atoms with Gasteiger partial charge in [0.2, 0.25) is 5.91 Å². The van der Waals surface area contributed by atoms with Crippen LogP contribution in [0.5, 0.6) is 0 Å². The van der Waals surface area contributed by atoms with Gasteiger partial charge in [-0.3, -0.25) is 14.5 Å². The average molecular weight is 228 g/mol. The Morgan fingerprint density at radius 2 is 2.12 bits per heavy atom. The van der Waals surface area contributed by atoms with E-state index in [1.165, 1.54) is 0 Å². The molecule has 1 aliphatic heterocycles. The van der Waals surface area contributed by atoms with Crippen LogP contribution in [-0.4, -0.2) is 59.0 Å². The van der Waals surface area contributed by atoms with Gasteiger partial charge in [0.25, 0.3) is 0 Å². The Bertz CT molecular complexity index is 268. The van der Waals surface area contributed by atoms with Crippen molar-refractivity contribution in [1.29, 1.82) is 0 Å². The van der Waals surface area contributed by atoms with Crippen LogP contribution in [0.25, 0.3) is 0 Å². The first-order valence-electron chi connectivity index (χ1n) is 5.84. The molecular weight excluding hydrogens is 208 g/mol. The molecule has 0 spiro atoms. The molecule has 0 aliphatic carbocycles. The summed E-state index contributed by atoms with van der Waals surface area (Å²) in [6.07, 6.45) is 0.852. The van der Waals surface area contributed by atoms with Gasteiger partial charge < -0.3 is 10.0 Å². The summed E-state index contributed by atoms with van der Waals surface area (Å²) in [5.41, 5.74) is 0. The summed E-state index contributed by atoms with van der Waals surface area (Å²) < 4.78 is 0. The number of aliphatic carboxylic acids is 1. The molecular formula is C11H20N2O3. The van der Waals surface area contributed by atoms with Crippen LogP contribution in [-0.2, 0) is 9.59 Å². The molecule has 1 saturated heterocycles. The number of hydrogen-bond acceptors (Lipinski definition) is 3. The Hall–Kier alpha value is -1.10. The Morgan fingerprint density at radius 3 is 2.62 bits per heavy atom. The van der Waals surface area contributed by atoms with Crippen LogP contribution in [0.4, 0.5) is 0 Å². The van der Waals surface area contributed by atoms with Gasteiger partial charge in [0, 0.05) is 26.2 Å².